The number of aliphatic hydroxyl groups excluding tert-OH is 1. The zero-order valence-corrected chi connectivity index (χ0v) is 8.31. The Morgan fingerprint density at radius 1 is 1.33 bits per heavy atom. The van der Waals surface area contributed by atoms with Crippen LogP contribution in [0, 0.1) is 0 Å². The van der Waals surface area contributed by atoms with Crippen molar-refractivity contribution in [2.45, 2.75) is 0 Å². The number of aromatic nitrogens is 2. The predicted octanol–water partition coefficient (Wildman–Crippen LogP) is -0.817. The molecule has 0 radical (unpaired) electrons. The lowest BCUT2D eigenvalue weighted by molar-refractivity contribution is 0.0992. The van der Waals surface area contributed by atoms with Crippen LogP contribution in [0.1, 0.15) is 0 Å². The van der Waals surface area contributed by atoms with E-state index in [1.165, 1.54) is 6.33 Å². The molecule has 0 bridgehead atoms. The van der Waals surface area contributed by atoms with Crippen LogP contribution < -0.4 is 16.6 Å². The standard InChI is InChI=1S/C8H15N5O2/c9-13-8-5-7(11-6-12-8)10-1-3-15-4-2-14/h5-6,14H,1-4,9H2,(H2,10,11,12,13). The van der Waals surface area contributed by atoms with Crippen molar-refractivity contribution in [3.8, 4) is 0 Å². The Labute approximate surface area is 87.6 Å². The first-order valence-electron chi connectivity index (χ1n) is 4.58. The maximum atomic E-state index is 8.46. The Bertz CT molecular complexity index is 283. The number of ether oxygens (including phenoxy) is 1. The van der Waals surface area contributed by atoms with E-state index in [0.29, 0.717) is 31.4 Å². The maximum absolute atomic E-state index is 8.46. The van der Waals surface area contributed by atoms with Crippen LogP contribution in [0.15, 0.2) is 12.4 Å². The second kappa shape index (κ2) is 6.93. The van der Waals surface area contributed by atoms with E-state index in [4.69, 9.17) is 15.7 Å². The number of hydrazine groups is 1. The molecule has 1 rings (SSSR count). The molecular weight excluding hydrogens is 198 g/mol. The van der Waals surface area contributed by atoms with E-state index in [9.17, 15) is 0 Å². The Hall–Kier alpha value is -1.44. The van der Waals surface area contributed by atoms with Gasteiger partial charge in [-0.2, -0.15) is 0 Å². The van der Waals surface area contributed by atoms with E-state index < -0.39 is 0 Å². The Kier molecular flexibility index (Phi) is 5.38. The summed E-state index contributed by atoms with van der Waals surface area (Å²) in [5.41, 5.74) is 2.42. The number of nitrogens with zero attached hydrogens (tertiary/aromatic N) is 2. The van der Waals surface area contributed by atoms with Gasteiger partial charge in [0.25, 0.3) is 0 Å². The average Bonchev–Trinajstić information content (AvgIpc) is 2.29. The molecule has 7 heteroatoms. The average molecular weight is 213 g/mol. The first-order valence-corrected chi connectivity index (χ1v) is 4.58. The van der Waals surface area contributed by atoms with E-state index in [-0.39, 0.29) is 6.61 Å². The van der Waals surface area contributed by atoms with E-state index in [2.05, 4.69) is 20.7 Å². The summed E-state index contributed by atoms with van der Waals surface area (Å²) in [6, 6.07) is 1.69. The normalized spacial score (nSPS) is 10.0. The second-order valence-electron chi connectivity index (χ2n) is 2.70. The summed E-state index contributed by atoms with van der Waals surface area (Å²) in [5, 5.41) is 11.5. The van der Waals surface area contributed by atoms with Gasteiger partial charge in [-0.25, -0.2) is 15.8 Å². The Balaban J connectivity index is 2.24. The highest BCUT2D eigenvalue weighted by Crippen LogP contribution is 2.05. The molecule has 7 nitrogen and oxygen atoms in total. The molecule has 0 fully saturated rings. The third kappa shape index (κ3) is 4.54. The van der Waals surface area contributed by atoms with Gasteiger partial charge in [-0.05, 0) is 0 Å². The molecule has 0 atom stereocenters. The zero-order chi connectivity index (χ0) is 10.9. The van der Waals surface area contributed by atoms with Crippen LogP contribution in [-0.2, 0) is 4.74 Å². The maximum Gasteiger partial charge on any atom is 0.145 e. The van der Waals surface area contributed by atoms with Crippen LogP contribution in [-0.4, -0.2) is 41.4 Å². The molecule has 0 spiro atoms. The van der Waals surface area contributed by atoms with Crippen LogP contribution in [0.25, 0.3) is 0 Å². The molecule has 1 heterocycles. The number of rotatable bonds is 7. The summed E-state index contributed by atoms with van der Waals surface area (Å²) in [5.74, 6) is 6.41. The van der Waals surface area contributed by atoms with Gasteiger partial charge < -0.3 is 20.6 Å². The van der Waals surface area contributed by atoms with Gasteiger partial charge in [0.05, 0.1) is 19.8 Å². The minimum Gasteiger partial charge on any atom is -0.394 e. The molecule has 0 saturated carbocycles. The monoisotopic (exact) mass is 213 g/mol. The molecule has 0 amide bonds. The SMILES string of the molecule is NNc1cc(NCCOCCO)ncn1. The number of hydrogen-bond donors (Lipinski definition) is 4. The van der Waals surface area contributed by atoms with Gasteiger partial charge in [0.1, 0.15) is 18.0 Å². The number of nitrogens with one attached hydrogen (secondary N) is 2. The Morgan fingerprint density at radius 3 is 2.87 bits per heavy atom. The Morgan fingerprint density at radius 2 is 2.13 bits per heavy atom. The molecular formula is C8H15N5O2. The lowest BCUT2D eigenvalue weighted by Crippen LogP contribution is -2.13. The van der Waals surface area contributed by atoms with Gasteiger partial charge in [-0.15, -0.1) is 0 Å². The first-order chi connectivity index (χ1) is 7.36. The second-order valence-corrected chi connectivity index (χ2v) is 2.70. The fourth-order valence-corrected chi connectivity index (χ4v) is 0.951. The molecule has 0 aliphatic rings. The zero-order valence-electron chi connectivity index (χ0n) is 8.31. The molecule has 0 saturated heterocycles. The molecule has 15 heavy (non-hydrogen) atoms. The number of anilines is 2. The van der Waals surface area contributed by atoms with E-state index >= 15 is 0 Å². The summed E-state index contributed by atoms with van der Waals surface area (Å²) in [4.78, 5) is 7.85. The van der Waals surface area contributed by atoms with Crippen molar-refractivity contribution in [3.05, 3.63) is 12.4 Å². The fourth-order valence-electron chi connectivity index (χ4n) is 0.951. The molecule has 0 aromatic carbocycles. The van der Waals surface area contributed by atoms with Crippen LogP contribution >= 0.6 is 0 Å². The van der Waals surface area contributed by atoms with Crippen LogP contribution in [0.5, 0.6) is 0 Å². The van der Waals surface area contributed by atoms with Crippen molar-refractivity contribution in [2.24, 2.45) is 5.84 Å². The van der Waals surface area contributed by atoms with Crippen molar-refractivity contribution in [1.29, 1.82) is 0 Å². The van der Waals surface area contributed by atoms with Crippen molar-refractivity contribution < 1.29 is 9.84 Å². The first kappa shape index (κ1) is 11.6. The van der Waals surface area contributed by atoms with E-state index in [0.717, 1.165) is 0 Å². The highest BCUT2D eigenvalue weighted by atomic mass is 16.5. The summed E-state index contributed by atoms with van der Waals surface area (Å²) in [6.07, 6.45) is 1.41. The van der Waals surface area contributed by atoms with Gasteiger partial charge in [0.2, 0.25) is 0 Å². The van der Waals surface area contributed by atoms with Crippen molar-refractivity contribution >= 4 is 11.6 Å². The van der Waals surface area contributed by atoms with Crippen LogP contribution in [0.4, 0.5) is 11.6 Å². The number of nitrogen functional groups attached to an aromatic ring is 1. The summed E-state index contributed by atoms with van der Waals surface area (Å²) < 4.78 is 5.06. The highest BCUT2D eigenvalue weighted by Gasteiger charge is 1.95. The van der Waals surface area contributed by atoms with Gasteiger partial charge in [0.15, 0.2) is 0 Å². The van der Waals surface area contributed by atoms with Crippen molar-refractivity contribution in [1.82, 2.24) is 9.97 Å². The minimum absolute atomic E-state index is 0.0365. The van der Waals surface area contributed by atoms with Crippen LogP contribution in [0.2, 0.25) is 0 Å². The summed E-state index contributed by atoms with van der Waals surface area (Å²) in [7, 11) is 0. The molecule has 5 N–H and O–H groups in total. The molecule has 84 valence electrons. The van der Waals surface area contributed by atoms with Crippen LogP contribution in [0.3, 0.4) is 0 Å². The molecule has 1 aromatic heterocycles. The molecule has 0 aliphatic carbocycles. The minimum atomic E-state index is 0.0365. The molecule has 0 unspecified atom stereocenters. The summed E-state index contributed by atoms with van der Waals surface area (Å²) in [6.45, 7) is 1.51. The van der Waals surface area contributed by atoms with E-state index in [1.54, 1.807) is 6.07 Å². The van der Waals surface area contributed by atoms with Gasteiger partial charge >= 0.3 is 0 Å². The topological polar surface area (TPSA) is 105 Å². The predicted molar refractivity (Wildman–Crippen MR) is 56.2 cm³/mol. The summed E-state index contributed by atoms with van der Waals surface area (Å²) >= 11 is 0. The van der Waals surface area contributed by atoms with E-state index in [1.807, 2.05) is 0 Å². The lowest BCUT2D eigenvalue weighted by atomic mass is 10.5. The smallest absolute Gasteiger partial charge is 0.145 e. The quantitative estimate of drug-likeness (QED) is 0.266. The molecule has 1 aromatic rings. The van der Waals surface area contributed by atoms with Crippen molar-refractivity contribution in [2.75, 3.05) is 37.1 Å². The lowest BCUT2D eigenvalue weighted by Gasteiger charge is -2.06. The number of hydrogen-bond acceptors (Lipinski definition) is 7. The van der Waals surface area contributed by atoms with Gasteiger partial charge in [0, 0.05) is 12.6 Å². The van der Waals surface area contributed by atoms with Gasteiger partial charge in [-0.1, -0.05) is 0 Å². The number of nitrogens with two attached hydrogens (primary N) is 1. The third-order valence-electron chi connectivity index (χ3n) is 1.60. The fraction of sp³-hybridized carbons (Fsp3) is 0.500. The third-order valence-corrected chi connectivity index (χ3v) is 1.60. The van der Waals surface area contributed by atoms with Crippen molar-refractivity contribution in [3.63, 3.8) is 0 Å². The number of aliphatic hydroxyl groups is 1. The highest BCUT2D eigenvalue weighted by molar-refractivity contribution is 5.45. The molecule has 0 aliphatic heterocycles. The largest absolute Gasteiger partial charge is 0.394 e. The van der Waals surface area contributed by atoms with Gasteiger partial charge in [-0.3, -0.25) is 0 Å².